The number of hydrogen-bond donors (Lipinski definition) is 0. The standard InChI is InChI=1S/C21H29BrO2/c1-4-17(22)9-7-8-14-23-20-12-13-21(24-15-16(2)3)19-11-6-5-10-18(19)20/h5-6,10-13,16-17H,4,7-9,14-15H2,1-3H3. The molecule has 3 heteroatoms. The topological polar surface area (TPSA) is 18.5 Å². The number of hydrogen-bond acceptors (Lipinski definition) is 2. The molecule has 0 bridgehead atoms. The highest BCUT2D eigenvalue weighted by Gasteiger charge is 2.08. The van der Waals surface area contributed by atoms with Gasteiger partial charge in [0.15, 0.2) is 0 Å². The van der Waals surface area contributed by atoms with Crippen molar-refractivity contribution in [1.29, 1.82) is 0 Å². The Labute approximate surface area is 154 Å². The van der Waals surface area contributed by atoms with E-state index in [0.29, 0.717) is 10.7 Å². The van der Waals surface area contributed by atoms with Crippen molar-refractivity contribution in [3.63, 3.8) is 0 Å². The van der Waals surface area contributed by atoms with Crippen LogP contribution >= 0.6 is 15.9 Å². The monoisotopic (exact) mass is 392 g/mol. The van der Waals surface area contributed by atoms with Gasteiger partial charge < -0.3 is 9.47 Å². The Morgan fingerprint density at radius 2 is 1.54 bits per heavy atom. The van der Waals surface area contributed by atoms with E-state index in [-0.39, 0.29) is 0 Å². The summed E-state index contributed by atoms with van der Waals surface area (Å²) in [5.74, 6) is 2.41. The summed E-state index contributed by atoms with van der Waals surface area (Å²) in [6.07, 6.45) is 4.67. The minimum atomic E-state index is 0.515. The number of alkyl halides is 1. The molecule has 24 heavy (non-hydrogen) atoms. The van der Waals surface area contributed by atoms with Crippen molar-refractivity contribution in [2.24, 2.45) is 5.92 Å². The summed E-state index contributed by atoms with van der Waals surface area (Å²) >= 11 is 3.68. The number of halogens is 1. The molecule has 2 aromatic carbocycles. The van der Waals surface area contributed by atoms with E-state index in [1.165, 1.54) is 19.3 Å². The highest BCUT2D eigenvalue weighted by atomic mass is 79.9. The SMILES string of the molecule is CCC(Br)CCCCOc1ccc(OCC(C)C)c2ccccc12. The Kier molecular flexibility index (Phi) is 7.90. The fourth-order valence-corrected chi connectivity index (χ4v) is 2.93. The van der Waals surface area contributed by atoms with Gasteiger partial charge in [0.05, 0.1) is 13.2 Å². The number of unbranched alkanes of at least 4 members (excludes halogenated alkanes) is 1. The van der Waals surface area contributed by atoms with Crippen LogP contribution in [0.3, 0.4) is 0 Å². The maximum absolute atomic E-state index is 6.04. The second-order valence-corrected chi connectivity index (χ2v) is 7.96. The largest absolute Gasteiger partial charge is 0.493 e. The molecule has 0 aliphatic heterocycles. The van der Waals surface area contributed by atoms with Gasteiger partial charge >= 0.3 is 0 Å². The van der Waals surface area contributed by atoms with E-state index < -0.39 is 0 Å². The van der Waals surface area contributed by atoms with Crippen LogP contribution in [0.5, 0.6) is 11.5 Å². The van der Waals surface area contributed by atoms with E-state index in [1.807, 2.05) is 12.1 Å². The summed E-state index contributed by atoms with van der Waals surface area (Å²) < 4.78 is 12.0. The van der Waals surface area contributed by atoms with E-state index in [2.05, 4.69) is 61.0 Å². The van der Waals surface area contributed by atoms with Gasteiger partial charge in [-0.2, -0.15) is 0 Å². The maximum atomic E-state index is 6.04. The summed E-state index contributed by atoms with van der Waals surface area (Å²) in [4.78, 5) is 0.635. The molecule has 2 aromatic rings. The molecule has 0 aromatic heterocycles. The van der Waals surface area contributed by atoms with Gasteiger partial charge in [0, 0.05) is 15.6 Å². The molecule has 1 unspecified atom stereocenters. The predicted octanol–water partition coefficient (Wildman–Crippen LogP) is 6.60. The quantitative estimate of drug-likeness (QED) is 0.335. The van der Waals surface area contributed by atoms with Crippen molar-refractivity contribution in [1.82, 2.24) is 0 Å². The van der Waals surface area contributed by atoms with Crippen molar-refractivity contribution in [2.45, 2.75) is 51.3 Å². The summed E-state index contributed by atoms with van der Waals surface area (Å²) in [6, 6.07) is 12.4. The molecular formula is C21H29BrO2. The van der Waals surface area contributed by atoms with Crippen LogP contribution in [0.25, 0.3) is 10.8 Å². The molecule has 2 rings (SSSR count). The zero-order valence-electron chi connectivity index (χ0n) is 15.1. The average molecular weight is 393 g/mol. The van der Waals surface area contributed by atoms with Gasteiger partial charge in [-0.3, -0.25) is 0 Å². The molecule has 0 saturated heterocycles. The third-order valence-electron chi connectivity index (χ3n) is 4.03. The van der Waals surface area contributed by atoms with Crippen molar-refractivity contribution in [2.75, 3.05) is 13.2 Å². The molecule has 0 aliphatic rings. The molecule has 0 fully saturated rings. The summed E-state index contributed by atoms with van der Waals surface area (Å²) in [5.41, 5.74) is 0. The first-order chi connectivity index (χ1) is 11.6. The number of fused-ring (bicyclic) bond motifs is 1. The normalized spacial score (nSPS) is 12.5. The van der Waals surface area contributed by atoms with Crippen molar-refractivity contribution >= 4 is 26.7 Å². The van der Waals surface area contributed by atoms with Crippen LogP contribution in [-0.4, -0.2) is 18.0 Å². The second-order valence-electron chi connectivity index (χ2n) is 6.66. The Morgan fingerprint density at radius 3 is 2.12 bits per heavy atom. The first-order valence-corrected chi connectivity index (χ1v) is 9.94. The minimum absolute atomic E-state index is 0.515. The summed E-state index contributed by atoms with van der Waals surface area (Å²) in [5, 5.41) is 2.26. The molecule has 132 valence electrons. The molecular weight excluding hydrogens is 364 g/mol. The van der Waals surface area contributed by atoms with Crippen LogP contribution in [-0.2, 0) is 0 Å². The van der Waals surface area contributed by atoms with Gasteiger partial charge in [0.1, 0.15) is 11.5 Å². The number of ether oxygens (including phenoxy) is 2. The van der Waals surface area contributed by atoms with Crippen LogP contribution in [0.2, 0.25) is 0 Å². The van der Waals surface area contributed by atoms with Crippen LogP contribution in [0.15, 0.2) is 36.4 Å². The molecule has 0 amide bonds. The Bertz CT molecular complexity index is 624. The summed E-state index contributed by atoms with van der Waals surface area (Å²) in [6.45, 7) is 8.03. The molecule has 0 radical (unpaired) electrons. The second kappa shape index (κ2) is 9.93. The van der Waals surface area contributed by atoms with E-state index >= 15 is 0 Å². The van der Waals surface area contributed by atoms with Crippen molar-refractivity contribution in [3.8, 4) is 11.5 Å². The Morgan fingerprint density at radius 1 is 0.917 bits per heavy atom. The molecule has 0 spiro atoms. The van der Waals surface area contributed by atoms with Crippen molar-refractivity contribution < 1.29 is 9.47 Å². The number of rotatable bonds is 10. The van der Waals surface area contributed by atoms with Gasteiger partial charge in [-0.1, -0.05) is 61.0 Å². The van der Waals surface area contributed by atoms with E-state index in [9.17, 15) is 0 Å². The van der Waals surface area contributed by atoms with E-state index in [4.69, 9.17) is 9.47 Å². The highest BCUT2D eigenvalue weighted by Crippen LogP contribution is 2.33. The molecule has 0 heterocycles. The van der Waals surface area contributed by atoms with E-state index in [1.54, 1.807) is 0 Å². The molecule has 2 nitrogen and oxygen atoms in total. The lowest BCUT2D eigenvalue weighted by atomic mass is 10.1. The summed E-state index contributed by atoms with van der Waals surface area (Å²) in [7, 11) is 0. The zero-order chi connectivity index (χ0) is 17.4. The molecule has 0 aliphatic carbocycles. The lowest BCUT2D eigenvalue weighted by Gasteiger charge is -2.14. The van der Waals surface area contributed by atoms with Crippen LogP contribution < -0.4 is 9.47 Å². The van der Waals surface area contributed by atoms with Gasteiger partial charge in [0.2, 0.25) is 0 Å². The highest BCUT2D eigenvalue weighted by molar-refractivity contribution is 9.09. The third-order valence-corrected chi connectivity index (χ3v) is 5.13. The lowest BCUT2D eigenvalue weighted by molar-refractivity contribution is 0.273. The third kappa shape index (κ3) is 5.70. The van der Waals surface area contributed by atoms with Crippen LogP contribution in [0.4, 0.5) is 0 Å². The average Bonchev–Trinajstić information content (AvgIpc) is 2.59. The maximum Gasteiger partial charge on any atom is 0.127 e. The fraction of sp³-hybridized carbons (Fsp3) is 0.524. The van der Waals surface area contributed by atoms with Gasteiger partial charge in [-0.05, 0) is 43.7 Å². The fourth-order valence-electron chi connectivity index (χ4n) is 2.61. The smallest absolute Gasteiger partial charge is 0.127 e. The van der Waals surface area contributed by atoms with Gasteiger partial charge in [0.25, 0.3) is 0 Å². The van der Waals surface area contributed by atoms with Gasteiger partial charge in [-0.15, -0.1) is 0 Å². The Balaban J connectivity index is 1.99. The zero-order valence-corrected chi connectivity index (χ0v) is 16.6. The first-order valence-electron chi connectivity index (χ1n) is 9.03. The number of benzene rings is 2. The molecule has 0 saturated carbocycles. The molecule has 1 atom stereocenters. The minimum Gasteiger partial charge on any atom is -0.493 e. The molecule has 0 N–H and O–H groups in total. The Hall–Kier alpha value is -1.22. The first kappa shape index (κ1) is 19.1. The van der Waals surface area contributed by atoms with E-state index in [0.717, 1.165) is 41.9 Å². The predicted molar refractivity (Wildman–Crippen MR) is 107 cm³/mol. The van der Waals surface area contributed by atoms with Crippen LogP contribution in [0.1, 0.15) is 46.5 Å². The van der Waals surface area contributed by atoms with Gasteiger partial charge in [-0.25, -0.2) is 0 Å². The van der Waals surface area contributed by atoms with Crippen LogP contribution in [0, 0.1) is 5.92 Å². The lowest BCUT2D eigenvalue weighted by Crippen LogP contribution is -2.05. The van der Waals surface area contributed by atoms with Crippen molar-refractivity contribution in [3.05, 3.63) is 36.4 Å².